The van der Waals surface area contributed by atoms with E-state index in [0.717, 1.165) is 25.7 Å². The first-order chi connectivity index (χ1) is 21.1. The number of carbonyl (C=O) groups excluding carboxylic acids is 6. The van der Waals surface area contributed by atoms with Crippen LogP contribution in [0.25, 0.3) is 0 Å². The van der Waals surface area contributed by atoms with Crippen molar-refractivity contribution in [2.75, 3.05) is 6.54 Å². The molecule has 0 aromatic heterocycles. The molecule has 1 saturated heterocycles. The van der Waals surface area contributed by atoms with Crippen molar-refractivity contribution < 1.29 is 33.5 Å². The minimum absolute atomic E-state index is 0.0646. The van der Waals surface area contributed by atoms with Gasteiger partial charge in [0.15, 0.2) is 0 Å². The molecule has 258 valence electrons. The van der Waals surface area contributed by atoms with Crippen LogP contribution in [0.2, 0.25) is 0 Å². The number of primary amides is 1. The van der Waals surface area contributed by atoms with Crippen LogP contribution in [0.15, 0.2) is 0 Å². The summed E-state index contributed by atoms with van der Waals surface area (Å²) < 4.78 is 5.70. The molecule has 0 radical (unpaired) electrons. The van der Waals surface area contributed by atoms with Crippen molar-refractivity contribution >= 4 is 35.5 Å². The Morgan fingerprint density at radius 1 is 0.913 bits per heavy atom. The molecule has 5 amide bonds. The van der Waals surface area contributed by atoms with Gasteiger partial charge in [-0.15, -0.1) is 0 Å². The minimum Gasteiger partial charge on any atom is -0.461 e. The molecule has 4 fully saturated rings. The molecule has 12 heteroatoms. The number of ketones is 1. The van der Waals surface area contributed by atoms with Gasteiger partial charge < -0.3 is 31.3 Å². The van der Waals surface area contributed by atoms with E-state index in [1.807, 2.05) is 62.3 Å². The molecule has 46 heavy (non-hydrogen) atoms. The SMILES string of the molecule is CC(OC(=O)[C@H](CC(C)(C)C)NC(=O)N[C@H](C(=O)N1C[C@H]2[C@@H]([C@H]1C(=O)NC(CC1CC1)C(=O)C(N)=O)C2(C)C)C(C)(C)C)C1CC1. The molecule has 0 bridgehead atoms. The molecular formula is C34H55N5O7. The molecule has 7 atom stereocenters. The van der Waals surface area contributed by atoms with Crippen molar-refractivity contribution in [3.63, 3.8) is 0 Å². The summed E-state index contributed by atoms with van der Waals surface area (Å²) >= 11 is 0. The van der Waals surface area contributed by atoms with Crippen molar-refractivity contribution in [2.45, 2.75) is 131 Å². The number of hydrogen-bond donors (Lipinski definition) is 4. The Morgan fingerprint density at radius 3 is 2.02 bits per heavy atom. The van der Waals surface area contributed by atoms with Gasteiger partial charge in [-0.25, -0.2) is 9.59 Å². The van der Waals surface area contributed by atoms with Gasteiger partial charge in [-0.1, -0.05) is 68.2 Å². The van der Waals surface area contributed by atoms with E-state index < -0.39 is 65.1 Å². The van der Waals surface area contributed by atoms with Gasteiger partial charge in [0.1, 0.15) is 24.2 Å². The number of nitrogens with zero attached hydrogens (tertiary/aromatic N) is 1. The molecule has 3 saturated carbocycles. The Kier molecular flexibility index (Phi) is 9.92. The molecule has 4 aliphatic rings. The Labute approximate surface area is 273 Å². The van der Waals surface area contributed by atoms with Gasteiger partial charge in [-0.2, -0.15) is 0 Å². The highest BCUT2D eigenvalue weighted by Gasteiger charge is 2.70. The van der Waals surface area contributed by atoms with E-state index >= 15 is 0 Å². The molecule has 1 aliphatic heterocycles. The fourth-order valence-electron chi connectivity index (χ4n) is 7.04. The van der Waals surface area contributed by atoms with Gasteiger partial charge >= 0.3 is 12.0 Å². The number of carbonyl (C=O) groups is 6. The monoisotopic (exact) mass is 645 g/mol. The number of amides is 5. The van der Waals surface area contributed by atoms with Crippen molar-refractivity contribution in [1.82, 2.24) is 20.9 Å². The number of urea groups is 1. The number of Topliss-reactive ketones (excluding diaryl/α,β-unsaturated/α-hetero) is 1. The molecular weight excluding hydrogens is 590 g/mol. The topological polar surface area (TPSA) is 177 Å². The quantitative estimate of drug-likeness (QED) is 0.176. The summed E-state index contributed by atoms with van der Waals surface area (Å²) in [4.78, 5) is 80.6. The predicted molar refractivity (Wildman–Crippen MR) is 171 cm³/mol. The molecule has 2 unspecified atom stereocenters. The van der Waals surface area contributed by atoms with Gasteiger partial charge in [-0.3, -0.25) is 19.2 Å². The third-order valence-corrected chi connectivity index (χ3v) is 10.3. The van der Waals surface area contributed by atoms with Crippen molar-refractivity contribution in [3.05, 3.63) is 0 Å². The van der Waals surface area contributed by atoms with Crippen LogP contribution in [0.1, 0.15) is 101 Å². The molecule has 0 aromatic rings. The van der Waals surface area contributed by atoms with Gasteiger partial charge in [-0.05, 0) is 72.5 Å². The first-order valence-corrected chi connectivity index (χ1v) is 16.8. The smallest absolute Gasteiger partial charge is 0.328 e. The second-order valence-corrected chi connectivity index (χ2v) is 17.1. The summed E-state index contributed by atoms with van der Waals surface area (Å²) in [6.45, 7) is 17.6. The van der Waals surface area contributed by atoms with Gasteiger partial charge in [0.2, 0.25) is 17.6 Å². The van der Waals surface area contributed by atoms with E-state index in [-0.39, 0.29) is 34.7 Å². The average Bonchev–Trinajstić information content (AvgIpc) is 3.86. The van der Waals surface area contributed by atoms with Crippen LogP contribution in [-0.2, 0) is 28.7 Å². The minimum atomic E-state index is -1.10. The van der Waals surface area contributed by atoms with E-state index in [4.69, 9.17) is 10.5 Å². The molecule has 3 aliphatic carbocycles. The fraction of sp³-hybridized carbons (Fsp3) is 0.824. The number of nitrogens with two attached hydrogens (primary N) is 1. The number of hydrogen-bond acceptors (Lipinski definition) is 7. The second kappa shape index (κ2) is 12.8. The molecule has 12 nitrogen and oxygen atoms in total. The summed E-state index contributed by atoms with van der Waals surface area (Å²) in [5, 5.41) is 8.35. The zero-order chi connectivity index (χ0) is 34.5. The molecule has 0 spiro atoms. The first-order valence-electron chi connectivity index (χ1n) is 16.8. The maximum atomic E-state index is 14.3. The number of esters is 1. The number of piperidine rings is 1. The molecule has 4 rings (SSSR count). The van der Waals surface area contributed by atoms with Crippen LogP contribution >= 0.6 is 0 Å². The number of ether oxygens (including phenoxy) is 1. The van der Waals surface area contributed by atoms with E-state index in [9.17, 15) is 28.8 Å². The molecule has 0 aromatic carbocycles. The standard InChI is InChI=1S/C34H55N5O7/c1-17(19-12-13-19)46-30(44)22(15-32(2,3)4)37-31(45)38-26(33(5,6)7)29(43)39-16-20-23(34(20,8)9)24(39)28(42)36-21(14-18-10-11-18)25(40)27(35)41/h17-24,26H,10-16H2,1-9H3,(H2,35,41)(H,36,42)(H2,37,38,45)/t17?,20-,21?,22-,23-,24-,26+/m0/s1. The van der Waals surface area contributed by atoms with E-state index in [0.29, 0.717) is 25.3 Å². The fourth-order valence-corrected chi connectivity index (χ4v) is 7.04. The highest BCUT2D eigenvalue weighted by molar-refractivity contribution is 6.37. The average molecular weight is 646 g/mol. The first kappa shape index (κ1) is 35.7. The lowest BCUT2D eigenvalue weighted by atomic mass is 9.85. The van der Waals surface area contributed by atoms with Crippen LogP contribution in [0.5, 0.6) is 0 Å². The van der Waals surface area contributed by atoms with Gasteiger partial charge in [0.05, 0.1) is 6.04 Å². The zero-order valence-corrected chi connectivity index (χ0v) is 29.0. The number of nitrogens with one attached hydrogen (secondary N) is 3. The third kappa shape index (κ3) is 8.39. The van der Waals surface area contributed by atoms with Crippen LogP contribution in [0.4, 0.5) is 4.79 Å². The number of likely N-dealkylation sites (tertiary alicyclic amines) is 1. The third-order valence-electron chi connectivity index (χ3n) is 10.3. The van der Waals surface area contributed by atoms with Crippen LogP contribution in [-0.4, -0.2) is 77.2 Å². The predicted octanol–water partition coefficient (Wildman–Crippen LogP) is 2.67. The van der Waals surface area contributed by atoms with Crippen LogP contribution in [0, 0.1) is 39.9 Å². The highest BCUT2D eigenvalue weighted by atomic mass is 16.5. The molecule has 1 heterocycles. The maximum Gasteiger partial charge on any atom is 0.328 e. The Bertz CT molecular complexity index is 1240. The normalized spacial score (nSPS) is 26.1. The lowest BCUT2D eigenvalue weighted by Crippen LogP contribution is -2.62. The van der Waals surface area contributed by atoms with Crippen molar-refractivity contribution in [2.24, 2.45) is 45.7 Å². The van der Waals surface area contributed by atoms with Crippen molar-refractivity contribution in [1.29, 1.82) is 0 Å². The Balaban J connectivity index is 1.51. The van der Waals surface area contributed by atoms with Crippen LogP contribution in [0.3, 0.4) is 0 Å². The Morgan fingerprint density at radius 2 is 1.52 bits per heavy atom. The summed E-state index contributed by atoms with van der Waals surface area (Å²) in [7, 11) is 0. The number of rotatable bonds is 13. The summed E-state index contributed by atoms with van der Waals surface area (Å²) in [6, 6.07) is -4.55. The summed E-state index contributed by atoms with van der Waals surface area (Å²) in [5.41, 5.74) is 4.05. The van der Waals surface area contributed by atoms with Crippen molar-refractivity contribution in [3.8, 4) is 0 Å². The van der Waals surface area contributed by atoms with Crippen LogP contribution < -0.4 is 21.7 Å². The van der Waals surface area contributed by atoms with E-state index in [1.165, 1.54) is 4.90 Å². The van der Waals surface area contributed by atoms with E-state index in [2.05, 4.69) is 16.0 Å². The largest absolute Gasteiger partial charge is 0.461 e. The second-order valence-electron chi connectivity index (χ2n) is 17.1. The molecule has 5 N–H and O–H groups in total. The number of fused-ring (bicyclic) bond motifs is 1. The summed E-state index contributed by atoms with van der Waals surface area (Å²) in [5.74, 6) is -2.88. The Hall–Kier alpha value is -3.18. The zero-order valence-electron chi connectivity index (χ0n) is 29.0. The summed E-state index contributed by atoms with van der Waals surface area (Å²) in [6.07, 6.45) is 4.29. The van der Waals surface area contributed by atoms with Gasteiger partial charge in [0.25, 0.3) is 5.91 Å². The lowest BCUT2D eigenvalue weighted by molar-refractivity contribution is -0.152. The maximum absolute atomic E-state index is 14.3. The highest BCUT2D eigenvalue weighted by Crippen LogP contribution is 2.65. The van der Waals surface area contributed by atoms with E-state index in [1.54, 1.807) is 0 Å². The lowest BCUT2D eigenvalue weighted by Gasteiger charge is -2.38. The van der Waals surface area contributed by atoms with Gasteiger partial charge in [0, 0.05) is 6.54 Å².